The molecule has 0 saturated heterocycles. The molecular weight excluding hydrogens is 242 g/mol. The second-order valence-corrected chi connectivity index (χ2v) is 4.34. The van der Waals surface area contributed by atoms with Crippen molar-refractivity contribution >= 4 is 5.96 Å². The van der Waals surface area contributed by atoms with Gasteiger partial charge in [-0.1, -0.05) is 13.0 Å². The number of nitrogens with two attached hydrogens (primary N) is 1. The van der Waals surface area contributed by atoms with E-state index in [0.29, 0.717) is 30.0 Å². The number of rotatable bonds is 6. The minimum atomic E-state index is 0.328. The van der Waals surface area contributed by atoms with E-state index in [-0.39, 0.29) is 0 Å². The average molecular weight is 265 g/mol. The number of nitrogens with zero attached hydrogens (tertiary/aromatic N) is 1. The van der Waals surface area contributed by atoms with E-state index in [9.17, 15) is 0 Å². The molecule has 5 heteroatoms. The lowest BCUT2D eigenvalue weighted by atomic mass is 10.2. The molecule has 19 heavy (non-hydrogen) atoms. The van der Waals surface area contributed by atoms with Crippen molar-refractivity contribution in [3.8, 4) is 11.5 Å². The summed E-state index contributed by atoms with van der Waals surface area (Å²) in [5.41, 5.74) is 6.83. The number of hydrogen-bond acceptors (Lipinski definition) is 3. The van der Waals surface area contributed by atoms with Crippen LogP contribution in [0.15, 0.2) is 23.2 Å². The van der Waals surface area contributed by atoms with Crippen molar-refractivity contribution in [1.82, 2.24) is 5.32 Å². The number of ether oxygens (including phenoxy) is 2. The maximum Gasteiger partial charge on any atom is 0.189 e. The molecule has 1 atom stereocenters. The van der Waals surface area contributed by atoms with Gasteiger partial charge in [0.1, 0.15) is 0 Å². The van der Waals surface area contributed by atoms with Crippen molar-refractivity contribution < 1.29 is 9.47 Å². The highest BCUT2D eigenvalue weighted by atomic mass is 16.5. The van der Waals surface area contributed by atoms with Crippen LogP contribution < -0.4 is 20.5 Å². The van der Waals surface area contributed by atoms with E-state index >= 15 is 0 Å². The van der Waals surface area contributed by atoms with Gasteiger partial charge in [-0.05, 0) is 31.0 Å². The highest BCUT2D eigenvalue weighted by Crippen LogP contribution is 2.27. The second-order valence-electron chi connectivity index (χ2n) is 4.34. The lowest BCUT2D eigenvalue weighted by molar-refractivity contribution is 0.354. The van der Waals surface area contributed by atoms with E-state index in [0.717, 1.165) is 12.0 Å². The van der Waals surface area contributed by atoms with Crippen molar-refractivity contribution in [2.24, 2.45) is 10.7 Å². The number of hydrogen-bond donors (Lipinski definition) is 2. The molecule has 1 unspecified atom stereocenters. The standard InChI is InChI=1S/C14H23N3O2/c1-5-10(2)17-14(15)16-9-11-6-7-12(18-3)13(8-11)19-4/h6-8,10H,5,9H2,1-4H3,(H3,15,16,17). The van der Waals surface area contributed by atoms with Crippen molar-refractivity contribution in [3.05, 3.63) is 23.8 Å². The summed E-state index contributed by atoms with van der Waals surface area (Å²) in [6, 6.07) is 6.04. The zero-order valence-corrected chi connectivity index (χ0v) is 12.1. The normalized spacial score (nSPS) is 12.9. The third-order valence-corrected chi connectivity index (χ3v) is 2.89. The van der Waals surface area contributed by atoms with Crippen molar-refractivity contribution in [1.29, 1.82) is 0 Å². The molecule has 1 aromatic carbocycles. The van der Waals surface area contributed by atoms with Gasteiger partial charge in [0, 0.05) is 6.04 Å². The molecule has 0 amide bonds. The Morgan fingerprint density at radius 2 is 2.00 bits per heavy atom. The second kappa shape index (κ2) is 7.51. The van der Waals surface area contributed by atoms with Crippen LogP contribution >= 0.6 is 0 Å². The molecule has 0 aliphatic carbocycles. The minimum absolute atomic E-state index is 0.328. The van der Waals surface area contributed by atoms with Crippen molar-refractivity contribution in [3.63, 3.8) is 0 Å². The summed E-state index contributed by atoms with van der Waals surface area (Å²) in [6.45, 7) is 4.67. The van der Waals surface area contributed by atoms with Gasteiger partial charge in [-0.15, -0.1) is 0 Å². The maximum atomic E-state index is 5.81. The Bertz CT molecular complexity index is 433. The molecule has 0 aliphatic heterocycles. The Morgan fingerprint density at radius 3 is 2.58 bits per heavy atom. The highest BCUT2D eigenvalue weighted by molar-refractivity contribution is 5.78. The Labute approximate surface area is 114 Å². The van der Waals surface area contributed by atoms with Crippen LogP contribution in [0.25, 0.3) is 0 Å². The van der Waals surface area contributed by atoms with E-state index in [1.807, 2.05) is 18.2 Å². The van der Waals surface area contributed by atoms with Gasteiger partial charge in [0.25, 0.3) is 0 Å². The first-order valence-electron chi connectivity index (χ1n) is 6.38. The molecule has 0 heterocycles. The first-order valence-corrected chi connectivity index (χ1v) is 6.38. The molecule has 0 aromatic heterocycles. The Kier molecular flexibility index (Phi) is 5.99. The first-order chi connectivity index (χ1) is 9.10. The summed E-state index contributed by atoms with van der Waals surface area (Å²) < 4.78 is 10.4. The molecule has 3 N–H and O–H groups in total. The van der Waals surface area contributed by atoms with Crippen LogP contribution in [0.5, 0.6) is 11.5 Å². The molecular formula is C14H23N3O2. The lowest BCUT2D eigenvalue weighted by Gasteiger charge is -2.12. The molecule has 0 saturated carbocycles. The first kappa shape index (κ1) is 15.1. The summed E-state index contributed by atoms with van der Waals surface area (Å²) in [6.07, 6.45) is 1.01. The number of methoxy groups -OCH3 is 2. The van der Waals surface area contributed by atoms with Crippen LogP contribution in [0.1, 0.15) is 25.8 Å². The molecule has 1 rings (SSSR count). The lowest BCUT2D eigenvalue weighted by Crippen LogP contribution is -2.38. The number of aliphatic imine (C=N–C) groups is 1. The molecule has 106 valence electrons. The van der Waals surface area contributed by atoms with E-state index in [4.69, 9.17) is 15.2 Å². The van der Waals surface area contributed by atoms with Gasteiger partial charge in [-0.3, -0.25) is 0 Å². The minimum Gasteiger partial charge on any atom is -0.493 e. The predicted octanol–water partition coefficient (Wildman–Crippen LogP) is 1.91. The van der Waals surface area contributed by atoms with Gasteiger partial charge in [0.2, 0.25) is 0 Å². The van der Waals surface area contributed by atoms with Crippen LogP contribution in [-0.4, -0.2) is 26.2 Å². The molecule has 5 nitrogen and oxygen atoms in total. The Hall–Kier alpha value is -1.91. The van der Waals surface area contributed by atoms with Crippen molar-refractivity contribution in [2.75, 3.05) is 14.2 Å². The Morgan fingerprint density at radius 1 is 1.32 bits per heavy atom. The maximum absolute atomic E-state index is 5.81. The van der Waals surface area contributed by atoms with E-state index in [2.05, 4.69) is 24.2 Å². The fourth-order valence-corrected chi connectivity index (χ4v) is 1.56. The summed E-state index contributed by atoms with van der Waals surface area (Å²) >= 11 is 0. The van der Waals surface area contributed by atoms with Crippen molar-refractivity contribution in [2.45, 2.75) is 32.9 Å². The molecule has 1 aromatic rings. The zero-order chi connectivity index (χ0) is 14.3. The highest BCUT2D eigenvalue weighted by Gasteiger charge is 2.04. The number of nitrogens with one attached hydrogen (secondary N) is 1. The fourth-order valence-electron chi connectivity index (χ4n) is 1.56. The molecule has 0 radical (unpaired) electrons. The van der Waals surface area contributed by atoms with Crippen LogP contribution in [0.3, 0.4) is 0 Å². The zero-order valence-electron chi connectivity index (χ0n) is 12.1. The summed E-state index contributed by atoms with van der Waals surface area (Å²) in [5.74, 6) is 1.87. The molecule has 0 fully saturated rings. The van der Waals surface area contributed by atoms with Crippen LogP contribution in [-0.2, 0) is 6.54 Å². The van der Waals surface area contributed by atoms with Crippen LogP contribution in [0, 0.1) is 0 Å². The fraction of sp³-hybridized carbons (Fsp3) is 0.500. The van der Waals surface area contributed by atoms with Gasteiger partial charge in [-0.25, -0.2) is 4.99 Å². The molecule has 0 bridgehead atoms. The van der Waals surface area contributed by atoms with Crippen LogP contribution in [0.2, 0.25) is 0 Å². The predicted molar refractivity (Wildman–Crippen MR) is 77.8 cm³/mol. The average Bonchev–Trinajstić information content (AvgIpc) is 2.44. The monoisotopic (exact) mass is 265 g/mol. The van der Waals surface area contributed by atoms with E-state index in [1.165, 1.54) is 0 Å². The molecule has 0 aliphatic rings. The quantitative estimate of drug-likeness (QED) is 0.609. The van der Waals surface area contributed by atoms with E-state index < -0.39 is 0 Å². The smallest absolute Gasteiger partial charge is 0.189 e. The van der Waals surface area contributed by atoms with Gasteiger partial charge < -0.3 is 20.5 Å². The van der Waals surface area contributed by atoms with Gasteiger partial charge >= 0.3 is 0 Å². The SMILES string of the molecule is CCC(C)NC(N)=NCc1ccc(OC)c(OC)c1. The third-order valence-electron chi connectivity index (χ3n) is 2.89. The van der Waals surface area contributed by atoms with Gasteiger partial charge in [0.05, 0.1) is 20.8 Å². The number of guanidine groups is 1. The van der Waals surface area contributed by atoms with Gasteiger partial charge in [-0.2, -0.15) is 0 Å². The topological polar surface area (TPSA) is 68.9 Å². The largest absolute Gasteiger partial charge is 0.493 e. The summed E-state index contributed by atoms with van der Waals surface area (Å²) in [7, 11) is 3.23. The van der Waals surface area contributed by atoms with E-state index in [1.54, 1.807) is 14.2 Å². The molecule has 0 spiro atoms. The van der Waals surface area contributed by atoms with Crippen LogP contribution in [0.4, 0.5) is 0 Å². The summed E-state index contributed by atoms with van der Waals surface area (Å²) in [4.78, 5) is 4.30. The number of benzene rings is 1. The van der Waals surface area contributed by atoms with Gasteiger partial charge in [0.15, 0.2) is 17.5 Å². The summed E-state index contributed by atoms with van der Waals surface area (Å²) in [5, 5.41) is 3.12. The Balaban J connectivity index is 2.69. The third kappa shape index (κ3) is 4.69.